The molecule has 376 valence electrons. The number of rotatable bonds is 11. The number of halogens is 1. The zero-order valence-electron chi connectivity index (χ0n) is 40.4. The summed E-state index contributed by atoms with van der Waals surface area (Å²) in [6, 6.07) is 17.0. The largest absolute Gasteiger partial charge is 0.489 e. The number of nitro groups is 1. The van der Waals surface area contributed by atoms with Crippen LogP contribution in [0.2, 0.25) is 0 Å². The SMILES string of the molecule is CC(=O)N1CC[C@@H](N2CC3(CCN(c4ccc(C(=O)NS(=O)(=O)c5cc6c(c([N+](=O)[O-])c5)N[C@@H](C5CCC(C)(O)CC5)CO6)c(Oc5cnc6[nH]cc(F)c6c5)c4)CC3)C2)[C@@H](c2ccccc2C(C)C)C1. The maximum absolute atomic E-state index is 14.7. The number of fused-ring (bicyclic) bond motifs is 2. The van der Waals surface area contributed by atoms with Gasteiger partial charge < -0.3 is 34.7 Å². The fourth-order valence-corrected chi connectivity index (χ4v) is 12.8. The zero-order valence-corrected chi connectivity index (χ0v) is 41.3. The summed E-state index contributed by atoms with van der Waals surface area (Å²) in [6.07, 6.45) is 7.83. The highest BCUT2D eigenvalue weighted by atomic mass is 32.2. The normalized spacial score (nSPS) is 24.4. The minimum atomic E-state index is -4.74. The highest BCUT2D eigenvalue weighted by molar-refractivity contribution is 7.90. The molecule has 0 unspecified atom stereocenters. The Morgan fingerprint density at radius 3 is 2.49 bits per heavy atom. The van der Waals surface area contributed by atoms with E-state index < -0.39 is 42.9 Å². The molecule has 3 atom stereocenters. The molecule has 0 radical (unpaired) electrons. The molecular formula is C52H61FN8O9S. The number of hydrogen-bond acceptors (Lipinski definition) is 13. The van der Waals surface area contributed by atoms with Crippen LogP contribution in [0, 0.1) is 27.3 Å². The Labute approximate surface area is 412 Å². The number of ether oxygens (including phenoxy) is 2. The van der Waals surface area contributed by atoms with Crippen molar-refractivity contribution in [3.63, 3.8) is 0 Å². The van der Waals surface area contributed by atoms with E-state index in [9.17, 15) is 37.6 Å². The molecule has 19 heteroatoms. The number of anilines is 2. The van der Waals surface area contributed by atoms with Gasteiger partial charge in [0.2, 0.25) is 5.91 Å². The highest BCUT2D eigenvalue weighted by Gasteiger charge is 2.50. The average molecular weight is 993 g/mol. The number of sulfonamides is 1. The maximum atomic E-state index is 14.7. The number of hydrogen-bond donors (Lipinski definition) is 4. The van der Waals surface area contributed by atoms with Crippen LogP contribution in [-0.2, 0) is 14.8 Å². The number of likely N-dealkylation sites (tertiary alicyclic amines) is 2. The van der Waals surface area contributed by atoms with Gasteiger partial charge >= 0.3 is 0 Å². The molecule has 3 aromatic carbocycles. The second-order valence-corrected chi connectivity index (χ2v) is 22.7. The molecule has 2 amide bonds. The van der Waals surface area contributed by atoms with Crippen LogP contribution in [0.3, 0.4) is 0 Å². The highest BCUT2D eigenvalue weighted by Crippen LogP contribution is 2.48. The summed E-state index contributed by atoms with van der Waals surface area (Å²) in [6.45, 7) is 12.8. The van der Waals surface area contributed by atoms with E-state index in [1.807, 2.05) is 4.90 Å². The molecule has 3 saturated heterocycles. The third kappa shape index (κ3) is 9.63. The number of amides is 2. The zero-order chi connectivity index (χ0) is 50.0. The van der Waals surface area contributed by atoms with Crippen molar-refractivity contribution in [2.24, 2.45) is 11.3 Å². The number of piperidine rings is 2. The van der Waals surface area contributed by atoms with E-state index in [-0.39, 0.29) is 69.7 Å². The Kier molecular flexibility index (Phi) is 12.7. The van der Waals surface area contributed by atoms with E-state index in [0.29, 0.717) is 49.8 Å². The van der Waals surface area contributed by atoms with Crippen molar-refractivity contribution in [2.45, 2.75) is 107 Å². The van der Waals surface area contributed by atoms with E-state index in [2.05, 4.69) is 67.9 Å². The number of pyridine rings is 1. The third-order valence-corrected chi connectivity index (χ3v) is 17.2. The van der Waals surface area contributed by atoms with Gasteiger partial charge in [-0.05, 0) is 98.4 Å². The quantitative estimate of drug-likeness (QED) is 0.0729. The number of carbonyl (C=O) groups excluding carboxylic acids is 2. The Bertz CT molecular complexity index is 2990. The lowest BCUT2D eigenvalue weighted by atomic mass is 9.69. The van der Waals surface area contributed by atoms with Crippen LogP contribution in [-0.4, -0.2) is 114 Å². The lowest BCUT2D eigenvalue weighted by Crippen LogP contribution is -2.65. The molecule has 10 rings (SSSR count). The van der Waals surface area contributed by atoms with Crippen molar-refractivity contribution in [1.82, 2.24) is 24.5 Å². The second-order valence-electron chi connectivity index (χ2n) is 21.0. The van der Waals surface area contributed by atoms with Gasteiger partial charge in [-0.15, -0.1) is 0 Å². The van der Waals surface area contributed by atoms with E-state index >= 15 is 0 Å². The molecule has 6 heterocycles. The van der Waals surface area contributed by atoms with Gasteiger partial charge in [-0.2, -0.15) is 0 Å². The van der Waals surface area contributed by atoms with Gasteiger partial charge in [-0.1, -0.05) is 38.1 Å². The molecular weight excluding hydrogens is 932 g/mol. The van der Waals surface area contributed by atoms with Crippen LogP contribution >= 0.6 is 0 Å². The van der Waals surface area contributed by atoms with Crippen LogP contribution in [0.25, 0.3) is 11.0 Å². The van der Waals surface area contributed by atoms with Crippen molar-refractivity contribution in [3.05, 3.63) is 106 Å². The molecule has 2 aromatic heterocycles. The van der Waals surface area contributed by atoms with Crippen LogP contribution in [0.4, 0.5) is 21.5 Å². The van der Waals surface area contributed by atoms with E-state index in [0.717, 1.165) is 69.8 Å². The smallest absolute Gasteiger partial charge is 0.297 e. The molecule has 1 spiro atoms. The number of nitrogens with zero attached hydrogens (tertiary/aromatic N) is 5. The summed E-state index contributed by atoms with van der Waals surface area (Å²) < 4.78 is 57.0. The van der Waals surface area contributed by atoms with Gasteiger partial charge in [0.25, 0.3) is 21.6 Å². The Morgan fingerprint density at radius 1 is 1.03 bits per heavy atom. The summed E-state index contributed by atoms with van der Waals surface area (Å²) >= 11 is 0. The topological polar surface area (TPSA) is 213 Å². The second kappa shape index (κ2) is 18.7. The number of aromatic nitrogens is 2. The molecule has 71 heavy (non-hydrogen) atoms. The minimum Gasteiger partial charge on any atom is -0.489 e. The summed E-state index contributed by atoms with van der Waals surface area (Å²) in [5.41, 5.74) is 2.40. The van der Waals surface area contributed by atoms with Crippen LogP contribution in [0.5, 0.6) is 17.2 Å². The Balaban J connectivity index is 0.865. The van der Waals surface area contributed by atoms with Gasteiger partial charge in [-0.3, -0.25) is 24.6 Å². The predicted molar refractivity (Wildman–Crippen MR) is 265 cm³/mol. The number of aromatic amines is 1. The fourth-order valence-electron chi connectivity index (χ4n) is 11.8. The third-order valence-electron chi connectivity index (χ3n) is 15.9. The number of aliphatic hydroxyl groups is 1. The number of carbonyl (C=O) groups is 2. The lowest BCUT2D eigenvalue weighted by molar-refractivity contribution is -0.384. The lowest BCUT2D eigenvalue weighted by Gasteiger charge is -2.59. The van der Waals surface area contributed by atoms with Crippen molar-refractivity contribution < 1.29 is 41.9 Å². The van der Waals surface area contributed by atoms with Gasteiger partial charge in [0.15, 0.2) is 11.4 Å². The monoisotopic (exact) mass is 992 g/mol. The molecule has 5 aromatic rings. The van der Waals surface area contributed by atoms with E-state index in [4.69, 9.17) is 9.47 Å². The maximum Gasteiger partial charge on any atom is 0.297 e. The molecule has 1 saturated carbocycles. The van der Waals surface area contributed by atoms with Crippen molar-refractivity contribution in [3.8, 4) is 17.2 Å². The van der Waals surface area contributed by atoms with Crippen molar-refractivity contribution in [1.29, 1.82) is 0 Å². The van der Waals surface area contributed by atoms with Gasteiger partial charge in [-0.25, -0.2) is 22.5 Å². The average Bonchev–Trinajstić information content (AvgIpc) is 3.71. The van der Waals surface area contributed by atoms with E-state index in [1.165, 1.54) is 35.7 Å². The van der Waals surface area contributed by atoms with Crippen LogP contribution in [0.15, 0.2) is 78.0 Å². The van der Waals surface area contributed by atoms with Crippen molar-refractivity contribution >= 4 is 49.9 Å². The number of nitro benzene ring substituents is 1. The van der Waals surface area contributed by atoms with Crippen LogP contribution < -0.4 is 24.4 Å². The number of nitrogens with one attached hydrogen (secondary N) is 3. The first-order valence-electron chi connectivity index (χ1n) is 24.7. The molecule has 4 N–H and O–H groups in total. The first kappa shape index (κ1) is 48.3. The first-order valence-corrected chi connectivity index (χ1v) is 26.1. The number of benzene rings is 3. The molecule has 17 nitrogen and oxygen atoms in total. The van der Waals surface area contributed by atoms with Gasteiger partial charge in [0, 0.05) is 88.2 Å². The molecule has 4 fully saturated rings. The van der Waals surface area contributed by atoms with E-state index in [1.54, 1.807) is 26.0 Å². The summed E-state index contributed by atoms with van der Waals surface area (Å²) in [5, 5.41) is 26.2. The summed E-state index contributed by atoms with van der Waals surface area (Å²) in [5.74, 6) is -0.799. The van der Waals surface area contributed by atoms with Crippen LogP contribution in [0.1, 0.15) is 106 Å². The Morgan fingerprint density at radius 2 is 1.77 bits per heavy atom. The predicted octanol–water partition coefficient (Wildman–Crippen LogP) is 8.07. The van der Waals surface area contributed by atoms with Gasteiger partial charge in [0.05, 0.1) is 38.6 Å². The standard InChI is InChI=1S/C52H61FN8O9S/c1-31(2)37-7-5-6-8-38(37)41-27-59(32(3)62)18-13-44(41)60-29-52(30-60)16-19-58(20-17-52)34-9-10-39(46(21-34)70-35-22-40-42(53)26-55-49(40)54-25-35)50(63)57-71(67,68)36-23-45(61(65)66)48-47(24-36)69-28-43(56-48)33-11-14-51(4,64)15-12-33/h5-10,21-26,31,33,41,43-44,56,64H,11-20,27-30H2,1-4H3,(H,54,55)(H,57,63)/t33?,41-,43-,44-,51?/m1/s1. The first-order chi connectivity index (χ1) is 33.9. The van der Waals surface area contributed by atoms with Gasteiger partial charge in [0.1, 0.15) is 29.6 Å². The molecule has 5 aliphatic rings. The molecule has 0 bridgehead atoms. The summed E-state index contributed by atoms with van der Waals surface area (Å²) in [4.78, 5) is 51.8. The van der Waals surface area contributed by atoms with Crippen molar-refractivity contribution in [2.75, 3.05) is 56.1 Å². The number of H-pyrrole nitrogens is 1. The minimum absolute atomic E-state index is 0.00811. The fraction of sp³-hybridized carbons (Fsp3) is 0.481. The Hall–Kier alpha value is -6.31. The summed E-state index contributed by atoms with van der Waals surface area (Å²) in [7, 11) is -4.74. The molecule has 4 aliphatic heterocycles. The molecule has 1 aliphatic carbocycles.